The topological polar surface area (TPSA) is 32.9 Å². The van der Waals surface area contributed by atoms with Crippen LogP contribution < -0.4 is 5.43 Å². The first-order valence-corrected chi connectivity index (χ1v) is 6.04. The van der Waals surface area contributed by atoms with E-state index in [1.165, 1.54) is 0 Å². The van der Waals surface area contributed by atoms with Crippen LogP contribution in [-0.4, -0.2) is 4.98 Å². The molecule has 3 rings (SSSR count). The maximum Gasteiger partial charge on any atom is 0.201 e. The first kappa shape index (κ1) is 9.84. The summed E-state index contributed by atoms with van der Waals surface area (Å²) in [6, 6.07) is 11.7. The van der Waals surface area contributed by atoms with E-state index in [1.807, 2.05) is 42.6 Å². The average molecular weight is 321 g/mol. The zero-order chi connectivity index (χ0) is 11.1. The minimum Gasteiger partial charge on any atom is -0.360 e. The Balaban J connectivity index is 2.63. The highest BCUT2D eigenvalue weighted by molar-refractivity contribution is 14.1. The molecule has 0 saturated carbocycles. The first-order chi connectivity index (χ1) is 7.77. The van der Waals surface area contributed by atoms with Crippen LogP contribution in [0.1, 0.15) is 0 Å². The van der Waals surface area contributed by atoms with Crippen molar-refractivity contribution < 1.29 is 0 Å². The van der Waals surface area contributed by atoms with Crippen molar-refractivity contribution in [1.29, 1.82) is 0 Å². The van der Waals surface area contributed by atoms with Crippen molar-refractivity contribution in [2.45, 2.75) is 0 Å². The highest BCUT2D eigenvalue weighted by Crippen LogP contribution is 2.26. The molecule has 1 N–H and O–H groups in total. The molecule has 0 fully saturated rings. The molecule has 0 amide bonds. The highest BCUT2D eigenvalue weighted by Gasteiger charge is 2.12. The molecule has 2 aliphatic rings. The predicted molar refractivity (Wildman–Crippen MR) is 73.9 cm³/mol. The molecular formula is C13H8INO. The van der Waals surface area contributed by atoms with E-state index in [-0.39, 0.29) is 5.43 Å². The van der Waals surface area contributed by atoms with Crippen molar-refractivity contribution in [3.05, 3.63) is 56.4 Å². The molecule has 1 aromatic rings. The quantitative estimate of drug-likeness (QED) is 0.500. The normalized spacial score (nSPS) is 11.1. The zero-order valence-corrected chi connectivity index (χ0v) is 10.5. The van der Waals surface area contributed by atoms with E-state index in [1.54, 1.807) is 0 Å². The van der Waals surface area contributed by atoms with E-state index >= 15 is 0 Å². The smallest absolute Gasteiger partial charge is 0.201 e. The van der Waals surface area contributed by atoms with Crippen molar-refractivity contribution in [2.24, 2.45) is 0 Å². The van der Waals surface area contributed by atoms with E-state index in [0.717, 1.165) is 25.6 Å². The summed E-state index contributed by atoms with van der Waals surface area (Å²) in [5, 5.41) is 2.08. The number of pyridine rings is 1. The number of rotatable bonds is 0. The molecule has 1 aromatic carbocycles. The third-order valence-corrected chi connectivity index (χ3v) is 3.57. The van der Waals surface area contributed by atoms with Gasteiger partial charge < -0.3 is 4.98 Å². The van der Waals surface area contributed by atoms with Crippen LogP contribution in [0.3, 0.4) is 0 Å². The molecule has 0 saturated heterocycles. The molecule has 0 atom stereocenters. The summed E-state index contributed by atoms with van der Waals surface area (Å²) in [6.45, 7) is 0. The molecule has 0 radical (unpaired) electrons. The van der Waals surface area contributed by atoms with E-state index in [2.05, 4.69) is 27.6 Å². The fourth-order valence-corrected chi connectivity index (χ4v) is 2.40. The van der Waals surface area contributed by atoms with Crippen molar-refractivity contribution >= 4 is 33.4 Å². The van der Waals surface area contributed by atoms with E-state index in [9.17, 15) is 4.79 Å². The molecule has 1 aliphatic carbocycles. The van der Waals surface area contributed by atoms with Gasteiger partial charge in [0.25, 0.3) is 0 Å². The van der Waals surface area contributed by atoms with Crippen molar-refractivity contribution in [2.75, 3.05) is 0 Å². The minimum absolute atomic E-state index is 0.103. The number of fused-ring (bicyclic) bond motifs is 3. The number of H-pyrrole nitrogens is 1. The van der Waals surface area contributed by atoms with Crippen molar-refractivity contribution in [1.82, 2.24) is 4.98 Å². The van der Waals surface area contributed by atoms with Gasteiger partial charge in [-0.3, -0.25) is 4.79 Å². The lowest BCUT2D eigenvalue weighted by Crippen LogP contribution is -2.10. The molecule has 0 unspecified atom stereocenters. The lowest BCUT2D eigenvalue weighted by molar-refractivity contribution is 1.33. The van der Waals surface area contributed by atoms with Gasteiger partial charge in [0.15, 0.2) is 0 Å². The van der Waals surface area contributed by atoms with Crippen LogP contribution in [0.25, 0.3) is 22.0 Å². The standard InChI is InChI=1S/C13H8INO/c14-10-5-6-11-12(13(10)16)9-4-2-1-3-8(9)7-15-11/h1-7,15H. The van der Waals surface area contributed by atoms with Gasteiger partial charge in [-0.15, -0.1) is 0 Å². The fourth-order valence-electron chi connectivity index (χ4n) is 1.95. The third kappa shape index (κ3) is 1.35. The average Bonchev–Trinajstić information content (AvgIpc) is 2.33. The number of benzene rings is 2. The van der Waals surface area contributed by atoms with Crippen LogP contribution in [0.2, 0.25) is 0 Å². The Kier molecular flexibility index (Phi) is 2.21. The Morgan fingerprint density at radius 2 is 1.88 bits per heavy atom. The summed E-state index contributed by atoms with van der Waals surface area (Å²) in [5.41, 5.74) is 1.78. The van der Waals surface area contributed by atoms with Crippen molar-refractivity contribution in [3.8, 4) is 11.3 Å². The summed E-state index contributed by atoms with van der Waals surface area (Å²) in [6.07, 6.45) is 1.93. The van der Waals surface area contributed by atoms with Gasteiger partial charge in [0.05, 0.1) is 9.13 Å². The molecule has 1 heterocycles. The van der Waals surface area contributed by atoms with Crippen molar-refractivity contribution in [3.63, 3.8) is 0 Å². The Bertz CT molecular complexity index is 702. The van der Waals surface area contributed by atoms with Gasteiger partial charge in [0.1, 0.15) is 0 Å². The second-order valence-corrected chi connectivity index (χ2v) is 4.84. The number of hydrogen-bond acceptors (Lipinski definition) is 1. The fraction of sp³-hybridized carbons (Fsp3) is 0. The van der Waals surface area contributed by atoms with Crippen LogP contribution in [0.5, 0.6) is 0 Å². The Labute approximate surface area is 106 Å². The summed E-state index contributed by atoms with van der Waals surface area (Å²) < 4.78 is 0.759. The van der Waals surface area contributed by atoms with E-state index < -0.39 is 0 Å². The minimum atomic E-state index is 0.103. The summed E-state index contributed by atoms with van der Waals surface area (Å²) in [5.74, 6) is 0. The number of aromatic amines is 1. The zero-order valence-electron chi connectivity index (χ0n) is 8.33. The second kappa shape index (κ2) is 3.59. The Hall–Kier alpha value is -1.36. The molecule has 0 spiro atoms. The SMILES string of the molecule is O=c1c(I)ccc2[nH]cc3ccccc3c1-2. The summed E-state index contributed by atoms with van der Waals surface area (Å²) >= 11 is 2.08. The van der Waals surface area contributed by atoms with Gasteiger partial charge in [0.2, 0.25) is 5.43 Å². The highest BCUT2D eigenvalue weighted by atomic mass is 127. The lowest BCUT2D eigenvalue weighted by Gasteiger charge is -2.08. The summed E-state index contributed by atoms with van der Waals surface area (Å²) in [7, 11) is 0. The van der Waals surface area contributed by atoms with E-state index in [4.69, 9.17) is 0 Å². The number of halogens is 1. The second-order valence-electron chi connectivity index (χ2n) is 3.67. The van der Waals surface area contributed by atoms with E-state index in [0.29, 0.717) is 0 Å². The monoisotopic (exact) mass is 321 g/mol. The molecule has 78 valence electrons. The third-order valence-electron chi connectivity index (χ3n) is 2.72. The maximum absolute atomic E-state index is 12.1. The van der Waals surface area contributed by atoms with Gasteiger partial charge >= 0.3 is 0 Å². The van der Waals surface area contributed by atoms with Gasteiger partial charge in [0, 0.05) is 11.9 Å². The molecule has 0 bridgehead atoms. The van der Waals surface area contributed by atoms with Crippen LogP contribution in [0.4, 0.5) is 0 Å². The first-order valence-electron chi connectivity index (χ1n) is 4.96. The van der Waals surface area contributed by atoms with Gasteiger partial charge in [-0.05, 0) is 45.5 Å². The predicted octanol–water partition coefficient (Wildman–Crippen LogP) is 3.24. The largest absolute Gasteiger partial charge is 0.360 e. The molecule has 0 aromatic heterocycles. The van der Waals surface area contributed by atoms with Crippen LogP contribution in [0.15, 0.2) is 47.4 Å². The number of nitrogens with one attached hydrogen (secondary N) is 1. The van der Waals surface area contributed by atoms with Crippen LogP contribution >= 0.6 is 22.6 Å². The molecule has 2 nitrogen and oxygen atoms in total. The molecular weight excluding hydrogens is 313 g/mol. The Morgan fingerprint density at radius 3 is 2.75 bits per heavy atom. The van der Waals surface area contributed by atoms with Gasteiger partial charge in [-0.1, -0.05) is 24.3 Å². The van der Waals surface area contributed by atoms with Crippen LogP contribution in [-0.2, 0) is 0 Å². The van der Waals surface area contributed by atoms with Gasteiger partial charge in [-0.2, -0.15) is 0 Å². The van der Waals surface area contributed by atoms with Gasteiger partial charge in [-0.25, -0.2) is 0 Å². The Morgan fingerprint density at radius 1 is 1.06 bits per heavy atom. The summed E-state index contributed by atoms with van der Waals surface area (Å²) in [4.78, 5) is 15.3. The molecule has 3 heteroatoms. The molecule has 1 aliphatic heterocycles. The lowest BCUT2D eigenvalue weighted by atomic mass is 10.0. The molecule has 16 heavy (non-hydrogen) atoms. The number of hydrogen-bond donors (Lipinski definition) is 1. The maximum atomic E-state index is 12.1. The van der Waals surface area contributed by atoms with Crippen LogP contribution in [0, 0.1) is 3.57 Å². The number of aromatic nitrogens is 1.